The average Bonchev–Trinajstić information content (AvgIpc) is 3.34. The van der Waals surface area contributed by atoms with Crippen LogP contribution in [-0.2, 0) is 9.53 Å². The topological polar surface area (TPSA) is 105 Å². The summed E-state index contributed by atoms with van der Waals surface area (Å²) in [5, 5.41) is 6.22. The van der Waals surface area contributed by atoms with Gasteiger partial charge >= 0.3 is 5.97 Å². The molecule has 0 aliphatic rings. The lowest BCUT2D eigenvalue weighted by molar-refractivity contribution is -0.142. The number of halogens is 2. The minimum absolute atomic E-state index is 0.233. The second kappa shape index (κ2) is 10.8. The molecule has 0 N–H and O–H groups in total. The van der Waals surface area contributed by atoms with Crippen LogP contribution in [0, 0.1) is 3.57 Å². The number of furan rings is 1. The largest absolute Gasteiger partial charge is 0.493 e. The minimum Gasteiger partial charge on any atom is -0.493 e. The lowest BCUT2D eigenvalue weighted by Gasteiger charge is -2.13. The van der Waals surface area contributed by atoms with Gasteiger partial charge in [0, 0.05) is 10.4 Å². The Balaban J connectivity index is 1.61. The highest BCUT2D eigenvalue weighted by molar-refractivity contribution is 14.1. The molecule has 0 unspecified atom stereocenters. The van der Waals surface area contributed by atoms with Crippen LogP contribution in [-0.4, -0.2) is 42.7 Å². The number of methoxy groups -OCH3 is 2. The van der Waals surface area contributed by atoms with Crippen LogP contribution < -0.4 is 15.0 Å². The highest BCUT2D eigenvalue weighted by Crippen LogP contribution is 2.34. The first-order valence-electron chi connectivity index (χ1n) is 11.2. The third-order valence-corrected chi connectivity index (χ3v) is 6.63. The van der Waals surface area contributed by atoms with E-state index in [0.29, 0.717) is 47.9 Å². The normalized spacial score (nSPS) is 11.4. The van der Waals surface area contributed by atoms with Crippen LogP contribution in [0.25, 0.3) is 33.5 Å². The highest BCUT2D eigenvalue weighted by Gasteiger charge is 2.17. The lowest BCUT2D eigenvalue weighted by atomic mass is 10.2. The summed E-state index contributed by atoms with van der Waals surface area (Å²) in [4.78, 5) is 29.7. The molecule has 0 radical (unpaired) electrons. The van der Waals surface area contributed by atoms with E-state index in [0.717, 1.165) is 5.39 Å². The van der Waals surface area contributed by atoms with Gasteiger partial charge in [0.25, 0.3) is 5.56 Å². The molecule has 0 amide bonds. The Kier molecular flexibility index (Phi) is 7.34. The first-order chi connectivity index (χ1) is 18.4. The maximum Gasteiger partial charge on any atom is 0.343 e. The number of hydrogen-bond acceptors (Lipinski definition) is 8. The number of rotatable bonds is 7. The molecule has 2 heterocycles. The molecular weight excluding hydrogens is 625 g/mol. The fourth-order valence-corrected chi connectivity index (χ4v) is 4.75. The third kappa shape index (κ3) is 5.09. The molecule has 0 aliphatic carbocycles. The zero-order valence-electron chi connectivity index (χ0n) is 20.1. The maximum atomic E-state index is 13.5. The molecule has 38 heavy (non-hydrogen) atoms. The van der Waals surface area contributed by atoms with E-state index in [2.05, 4.69) is 37.4 Å². The summed E-state index contributed by atoms with van der Waals surface area (Å²) in [5.41, 5.74) is 1.38. The van der Waals surface area contributed by atoms with Crippen molar-refractivity contribution in [2.24, 2.45) is 5.10 Å². The molecule has 0 saturated heterocycles. The van der Waals surface area contributed by atoms with Gasteiger partial charge in [-0.15, -0.1) is 0 Å². The Morgan fingerprint density at radius 1 is 1.16 bits per heavy atom. The van der Waals surface area contributed by atoms with E-state index in [4.69, 9.17) is 25.5 Å². The summed E-state index contributed by atoms with van der Waals surface area (Å²) in [7, 11) is 2.77. The second-order valence-corrected chi connectivity index (χ2v) is 9.60. The van der Waals surface area contributed by atoms with Crippen molar-refractivity contribution in [3.05, 3.63) is 85.2 Å². The predicted molar refractivity (Wildman–Crippen MR) is 152 cm³/mol. The van der Waals surface area contributed by atoms with Crippen LogP contribution in [0.5, 0.6) is 11.5 Å². The molecule has 9 nitrogen and oxygen atoms in total. The van der Waals surface area contributed by atoms with Gasteiger partial charge < -0.3 is 18.6 Å². The van der Waals surface area contributed by atoms with Crippen molar-refractivity contribution in [2.75, 3.05) is 20.8 Å². The summed E-state index contributed by atoms with van der Waals surface area (Å²) >= 11 is 8.21. The number of hydrogen-bond donors (Lipinski definition) is 0. The van der Waals surface area contributed by atoms with Gasteiger partial charge in [-0.1, -0.05) is 23.7 Å². The van der Waals surface area contributed by atoms with E-state index in [1.807, 2.05) is 6.07 Å². The number of aromatic nitrogens is 2. The van der Waals surface area contributed by atoms with Gasteiger partial charge in [0.1, 0.15) is 5.58 Å². The fraction of sp³-hybridized carbons (Fsp3) is 0.111. The van der Waals surface area contributed by atoms with Crippen LogP contribution in [0.3, 0.4) is 0 Å². The number of para-hydroxylation sites is 1. The summed E-state index contributed by atoms with van der Waals surface area (Å²) < 4.78 is 23.5. The highest BCUT2D eigenvalue weighted by atomic mass is 127. The number of fused-ring (bicyclic) bond motifs is 2. The van der Waals surface area contributed by atoms with Crippen molar-refractivity contribution >= 4 is 68.2 Å². The molecule has 0 atom stereocenters. The number of carbonyl (C=O) groups is 1. The summed E-state index contributed by atoms with van der Waals surface area (Å²) in [6.45, 7) is -0.263. The van der Waals surface area contributed by atoms with Crippen molar-refractivity contribution < 1.29 is 23.4 Å². The van der Waals surface area contributed by atoms with Crippen molar-refractivity contribution in [2.45, 2.75) is 0 Å². The zero-order chi connectivity index (χ0) is 26.8. The fourth-order valence-electron chi connectivity index (χ4n) is 3.78. The van der Waals surface area contributed by atoms with Crippen LogP contribution in [0.15, 0.2) is 75.0 Å². The van der Waals surface area contributed by atoms with Gasteiger partial charge in [-0.05, 0) is 76.7 Å². The third-order valence-electron chi connectivity index (χ3n) is 5.59. The molecule has 0 spiro atoms. The van der Waals surface area contributed by atoms with Crippen LogP contribution in [0.4, 0.5) is 0 Å². The Hall–Kier alpha value is -3.90. The van der Waals surface area contributed by atoms with Gasteiger partial charge in [0.05, 0.1) is 34.9 Å². The van der Waals surface area contributed by atoms with Crippen molar-refractivity contribution in [3.63, 3.8) is 0 Å². The van der Waals surface area contributed by atoms with Crippen molar-refractivity contribution in [3.8, 4) is 23.1 Å². The number of carbonyl (C=O) groups excluding carboxylic acids is 1. The van der Waals surface area contributed by atoms with Gasteiger partial charge in [0.15, 0.2) is 23.9 Å². The van der Waals surface area contributed by atoms with E-state index in [1.54, 1.807) is 54.6 Å². The van der Waals surface area contributed by atoms with E-state index in [9.17, 15) is 9.59 Å². The standard InChI is InChI=1S/C27H19ClIN3O6/c1-35-22-10-15(9-19(29)25(22)37-14-24(33)36-2)13-30-32-26(31-20-6-4-3-5-18(20)27(32)34)23-12-16-11-17(28)7-8-21(16)38-23/h3-13H,14H2,1-2H3. The molecule has 11 heteroatoms. The summed E-state index contributed by atoms with van der Waals surface area (Å²) in [6.07, 6.45) is 1.51. The lowest BCUT2D eigenvalue weighted by Crippen LogP contribution is -2.20. The van der Waals surface area contributed by atoms with Gasteiger partial charge in [0.2, 0.25) is 5.82 Å². The van der Waals surface area contributed by atoms with E-state index in [1.165, 1.54) is 25.1 Å². The SMILES string of the molecule is COC(=O)COc1c(I)cc(C=Nn2c(-c3cc4cc(Cl)ccc4o3)nc3ccccc3c2=O)cc1OC. The smallest absolute Gasteiger partial charge is 0.343 e. The molecule has 0 aliphatic heterocycles. The summed E-state index contributed by atoms with van der Waals surface area (Å²) in [6, 6.07) is 17.5. The Morgan fingerprint density at radius 2 is 1.97 bits per heavy atom. The van der Waals surface area contributed by atoms with Gasteiger partial charge in [-0.3, -0.25) is 4.79 Å². The number of nitrogens with zero attached hydrogens (tertiary/aromatic N) is 3. The quantitative estimate of drug-likeness (QED) is 0.131. The van der Waals surface area contributed by atoms with E-state index < -0.39 is 5.97 Å². The number of benzene rings is 3. The molecular formula is C27H19ClIN3O6. The van der Waals surface area contributed by atoms with E-state index in [-0.39, 0.29) is 18.0 Å². The molecule has 5 aromatic rings. The Labute approximate surface area is 234 Å². The molecule has 5 rings (SSSR count). The van der Waals surface area contributed by atoms with Gasteiger partial charge in [-0.2, -0.15) is 9.78 Å². The second-order valence-electron chi connectivity index (χ2n) is 8.01. The molecule has 3 aromatic carbocycles. The maximum absolute atomic E-state index is 13.5. The van der Waals surface area contributed by atoms with Gasteiger partial charge in [-0.25, -0.2) is 9.78 Å². The zero-order valence-corrected chi connectivity index (χ0v) is 23.0. The van der Waals surface area contributed by atoms with Crippen molar-refractivity contribution in [1.82, 2.24) is 9.66 Å². The monoisotopic (exact) mass is 643 g/mol. The van der Waals surface area contributed by atoms with Crippen molar-refractivity contribution in [1.29, 1.82) is 0 Å². The molecule has 192 valence electrons. The van der Waals surface area contributed by atoms with Crippen LogP contribution in [0.1, 0.15) is 5.56 Å². The average molecular weight is 644 g/mol. The molecule has 0 bridgehead atoms. The molecule has 0 saturated carbocycles. The van der Waals surface area contributed by atoms with Crippen LogP contribution in [0.2, 0.25) is 5.02 Å². The minimum atomic E-state index is -0.517. The Morgan fingerprint density at radius 3 is 2.76 bits per heavy atom. The summed E-state index contributed by atoms with van der Waals surface area (Å²) in [5.74, 6) is 0.859. The number of esters is 1. The predicted octanol–water partition coefficient (Wildman–Crippen LogP) is 5.51. The van der Waals surface area contributed by atoms with E-state index >= 15 is 0 Å². The first kappa shape index (κ1) is 25.7. The molecule has 0 fully saturated rings. The number of ether oxygens (including phenoxy) is 3. The Bertz CT molecular complexity index is 1780. The van der Waals surface area contributed by atoms with Crippen LogP contribution >= 0.6 is 34.2 Å². The molecule has 2 aromatic heterocycles. The first-order valence-corrected chi connectivity index (χ1v) is 12.7.